The monoisotopic (exact) mass is 307 g/mol. The van der Waals surface area contributed by atoms with Gasteiger partial charge in [-0.15, -0.1) is 0 Å². The summed E-state index contributed by atoms with van der Waals surface area (Å²) in [5, 5.41) is 0. The minimum absolute atomic E-state index is 0.225. The first-order valence-electron chi connectivity index (χ1n) is 3.96. The average molecular weight is 307 g/mol. The van der Waals surface area contributed by atoms with E-state index in [9.17, 15) is 4.39 Å². The van der Waals surface area contributed by atoms with Gasteiger partial charge < -0.3 is 4.74 Å². The molecule has 4 heteroatoms. The summed E-state index contributed by atoms with van der Waals surface area (Å²) in [6.45, 7) is 0.615. The van der Waals surface area contributed by atoms with Crippen molar-refractivity contribution < 1.29 is 9.13 Å². The van der Waals surface area contributed by atoms with Crippen molar-refractivity contribution in [2.24, 2.45) is 0 Å². The zero-order chi connectivity index (χ0) is 9.68. The fourth-order valence-corrected chi connectivity index (χ4v) is 1.31. The zero-order valence-electron chi connectivity index (χ0n) is 7.02. The molecule has 0 heterocycles. The maximum Gasteiger partial charge on any atom is 0.140 e. The summed E-state index contributed by atoms with van der Waals surface area (Å²) in [5.41, 5.74) is 0. The SMILES string of the molecule is Fc1cc(OCCC[Si])ccc1I. The van der Waals surface area contributed by atoms with Crippen molar-refractivity contribution in [3.8, 4) is 5.75 Å². The lowest BCUT2D eigenvalue weighted by Gasteiger charge is -2.05. The van der Waals surface area contributed by atoms with Crippen LogP contribution < -0.4 is 4.74 Å². The van der Waals surface area contributed by atoms with Crippen molar-refractivity contribution in [1.29, 1.82) is 0 Å². The Kier molecular flexibility index (Phi) is 4.72. The summed E-state index contributed by atoms with van der Waals surface area (Å²) >= 11 is 1.95. The maximum atomic E-state index is 13.0. The van der Waals surface area contributed by atoms with E-state index in [1.807, 2.05) is 22.6 Å². The van der Waals surface area contributed by atoms with Crippen molar-refractivity contribution in [3.63, 3.8) is 0 Å². The lowest BCUT2D eigenvalue weighted by Crippen LogP contribution is -1.97. The molecule has 0 saturated heterocycles. The molecule has 1 aromatic rings. The van der Waals surface area contributed by atoms with Crippen LogP contribution in [0.3, 0.4) is 0 Å². The summed E-state index contributed by atoms with van der Waals surface area (Å²) in [5.74, 6) is 0.370. The van der Waals surface area contributed by atoms with E-state index in [2.05, 4.69) is 10.2 Å². The molecule has 0 aliphatic heterocycles. The van der Waals surface area contributed by atoms with Gasteiger partial charge in [0.2, 0.25) is 0 Å². The standard InChI is InChI=1S/C9H9FIOSi/c10-8-6-7(2-3-9(8)11)12-4-1-5-13/h2-3,6H,1,4-5H2. The molecule has 0 aliphatic carbocycles. The Labute approximate surface area is 94.2 Å². The highest BCUT2D eigenvalue weighted by Crippen LogP contribution is 2.18. The lowest BCUT2D eigenvalue weighted by atomic mass is 10.3. The van der Waals surface area contributed by atoms with Crippen LogP contribution in [-0.4, -0.2) is 16.8 Å². The maximum absolute atomic E-state index is 13.0. The summed E-state index contributed by atoms with van der Waals surface area (Å²) in [4.78, 5) is 0. The van der Waals surface area contributed by atoms with Crippen molar-refractivity contribution in [2.45, 2.75) is 12.5 Å². The molecular formula is C9H9FIOSi. The van der Waals surface area contributed by atoms with Gasteiger partial charge in [-0.05, 0) is 41.1 Å². The highest BCUT2D eigenvalue weighted by molar-refractivity contribution is 14.1. The Bertz CT molecular complexity index is 280. The van der Waals surface area contributed by atoms with Crippen LogP contribution in [0.2, 0.25) is 6.04 Å². The molecule has 0 bridgehead atoms. The summed E-state index contributed by atoms with van der Waals surface area (Å²) in [6, 6.07) is 5.79. The third kappa shape index (κ3) is 3.64. The minimum Gasteiger partial charge on any atom is -0.494 e. The molecule has 69 valence electrons. The Morgan fingerprint density at radius 2 is 2.23 bits per heavy atom. The number of ether oxygens (including phenoxy) is 1. The van der Waals surface area contributed by atoms with Crippen LogP contribution in [-0.2, 0) is 0 Å². The fourth-order valence-electron chi connectivity index (χ4n) is 0.829. The van der Waals surface area contributed by atoms with Crippen molar-refractivity contribution >= 4 is 32.8 Å². The molecular weight excluding hydrogens is 298 g/mol. The highest BCUT2D eigenvalue weighted by Gasteiger charge is 2.00. The van der Waals surface area contributed by atoms with E-state index in [4.69, 9.17) is 4.74 Å². The molecule has 0 aromatic heterocycles. The van der Waals surface area contributed by atoms with Gasteiger partial charge in [-0.25, -0.2) is 4.39 Å². The molecule has 3 radical (unpaired) electrons. The van der Waals surface area contributed by atoms with Crippen LogP contribution in [0, 0.1) is 9.39 Å². The number of hydrogen-bond donors (Lipinski definition) is 0. The molecule has 0 unspecified atom stereocenters. The quantitative estimate of drug-likeness (QED) is 0.472. The predicted molar refractivity (Wildman–Crippen MR) is 59.8 cm³/mol. The van der Waals surface area contributed by atoms with Crippen LogP contribution in [0.15, 0.2) is 18.2 Å². The molecule has 0 saturated carbocycles. The zero-order valence-corrected chi connectivity index (χ0v) is 10.2. The molecule has 1 rings (SSSR count). The minimum atomic E-state index is -0.225. The van der Waals surface area contributed by atoms with Gasteiger partial charge in [-0.3, -0.25) is 0 Å². The van der Waals surface area contributed by atoms with Crippen LogP contribution in [0.25, 0.3) is 0 Å². The molecule has 0 atom stereocenters. The molecule has 0 aliphatic rings. The molecule has 0 spiro atoms. The smallest absolute Gasteiger partial charge is 0.140 e. The van der Waals surface area contributed by atoms with Gasteiger partial charge in [0.05, 0.1) is 6.61 Å². The van der Waals surface area contributed by atoms with Crippen molar-refractivity contribution in [2.75, 3.05) is 6.61 Å². The first kappa shape index (κ1) is 11.0. The van der Waals surface area contributed by atoms with Crippen molar-refractivity contribution in [3.05, 3.63) is 27.6 Å². The number of halogens is 2. The van der Waals surface area contributed by atoms with Crippen LogP contribution in [0.4, 0.5) is 4.39 Å². The lowest BCUT2D eigenvalue weighted by molar-refractivity contribution is 0.315. The second-order valence-electron chi connectivity index (χ2n) is 2.53. The van der Waals surface area contributed by atoms with Gasteiger partial charge in [0.25, 0.3) is 0 Å². The van der Waals surface area contributed by atoms with Gasteiger partial charge >= 0.3 is 0 Å². The second-order valence-corrected chi connectivity index (χ2v) is 4.19. The number of hydrogen-bond acceptors (Lipinski definition) is 1. The first-order chi connectivity index (χ1) is 6.24. The summed E-state index contributed by atoms with van der Waals surface area (Å²) in [6.07, 6.45) is 0.921. The summed E-state index contributed by atoms with van der Waals surface area (Å²) < 4.78 is 18.9. The van der Waals surface area contributed by atoms with Gasteiger partial charge in [0.15, 0.2) is 0 Å². The Balaban J connectivity index is 2.53. The van der Waals surface area contributed by atoms with E-state index in [0.29, 0.717) is 15.9 Å². The first-order valence-corrected chi connectivity index (χ1v) is 5.75. The number of rotatable bonds is 4. The Hall–Kier alpha value is -0.103. The van der Waals surface area contributed by atoms with E-state index < -0.39 is 0 Å². The number of benzene rings is 1. The molecule has 1 aromatic carbocycles. The normalized spacial score (nSPS) is 10.1. The van der Waals surface area contributed by atoms with Crippen LogP contribution in [0.1, 0.15) is 6.42 Å². The molecule has 0 amide bonds. The van der Waals surface area contributed by atoms with E-state index in [-0.39, 0.29) is 5.82 Å². The predicted octanol–water partition coefficient (Wildman–Crippen LogP) is 2.79. The van der Waals surface area contributed by atoms with Crippen LogP contribution >= 0.6 is 22.6 Å². The van der Waals surface area contributed by atoms with E-state index in [0.717, 1.165) is 12.5 Å². The third-order valence-corrected chi connectivity index (χ3v) is 2.71. The van der Waals surface area contributed by atoms with Gasteiger partial charge in [0, 0.05) is 19.9 Å². The highest BCUT2D eigenvalue weighted by atomic mass is 127. The van der Waals surface area contributed by atoms with Gasteiger partial charge in [0.1, 0.15) is 11.6 Å². The average Bonchev–Trinajstić information content (AvgIpc) is 2.12. The fraction of sp³-hybridized carbons (Fsp3) is 0.333. The Morgan fingerprint density at radius 3 is 2.85 bits per heavy atom. The van der Waals surface area contributed by atoms with Crippen molar-refractivity contribution in [1.82, 2.24) is 0 Å². The third-order valence-electron chi connectivity index (χ3n) is 1.48. The molecule has 13 heavy (non-hydrogen) atoms. The van der Waals surface area contributed by atoms with Gasteiger partial charge in [-0.1, -0.05) is 6.04 Å². The van der Waals surface area contributed by atoms with E-state index >= 15 is 0 Å². The van der Waals surface area contributed by atoms with E-state index in [1.165, 1.54) is 6.07 Å². The molecule has 0 N–H and O–H groups in total. The topological polar surface area (TPSA) is 9.23 Å². The van der Waals surface area contributed by atoms with E-state index in [1.54, 1.807) is 12.1 Å². The molecule has 0 fully saturated rings. The second kappa shape index (κ2) is 5.59. The molecule has 1 nitrogen and oxygen atoms in total. The summed E-state index contributed by atoms with van der Waals surface area (Å²) in [7, 11) is 3.34. The largest absolute Gasteiger partial charge is 0.494 e. The van der Waals surface area contributed by atoms with Gasteiger partial charge in [-0.2, -0.15) is 0 Å². The van der Waals surface area contributed by atoms with Crippen LogP contribution in [0.5, 0.6) is 5.75 Å². The Morgan fingerprint density at radius 1 is 1.46 bits per heavy atom.